The number of benzene rings is 3. The Hall–Kier alpha value is -2.93. The van der Waals surface area contributed by atoms with Gasteiger partial charge in [0.05, 0.1) is 23.4 Å². The fraction of sp³-hybridized carbons (Fsp3) is 0.130. The molecule has 1 N–H and O–H groups in total. The van der Waals surface area contributed by atoms with E-state index in [0.29, 0.717) is 28.7 Å². The summed E-state index contributed by atoms with van der Waals surface area (Å²) in [6, 6.07) is 18.1. The molecule has 0 aliphatic carbocycles. The molecule has 0 unspecified atom stereocenters. The second-order valence-electron chi connectivity index (χ2n) is 6.46. The summed E-state index contributed by atoms with van der Waals surface area (Å²) in [4.78, 5) is 12.0. The summed E-state index contributed by atoms with van der Waals surface area (Å²) in [5, 5.41) is 4.71. The fourth-order valence-electron chi connectivity index (χ4n) is 2.63. The highest BCUT2D eigenvalue weighted by atomic mass is 35.5. The lowest BCUT2D eigenvalue weighted by molar-refractivity contribution is -0.123. The van der Waals surface area contributed by atoms with Crippen LogP contribution in [0.2, 0.25) is 15.1 Å². The molecule has 0 fully saturated rings. The first-order valence-corrected chi connectivity index (χ1v) is 10.5. The van der Waals surface area contributed by atoms with Crippen LogP contribution in [0, 0.1) is 0 Å². The predicted octanol–water partition coefficient (Wildman–Crippen LogP) is 5.76. The molecule has 0 aliphatic rings. The average Bonchev–Trinajstić information content (AvgIpc) is 2.78. The third kappa shape index (κ3) is 6.79. The quantitative estimate of drug-likeness (QED) is 0.304. The molecule has 0 atom stereocenters. The number of ether oxygens (including phenoxy) is 3. The second-order valence-corrected chi connectivity index (χ2v) is 7.72. The maximum atomic E-state index is 12.0. The summed E-state index contributed by atoms with van der Waals surface area (Å²) in [6.45, 7) is 0.0936. The fourth-order valence-corrected chi connectivity index (χ4v) is 3.56. The summed E-state index contributed by atoms with van der Waals surface area (Å²) in [6.07, 6.45) is 1.48. The molecule has 32 heavy (non-hydrogen) atoms. The van der Waals surface area contributed by atoms with Crippen molar-refractivity contribution in [1.82, 2.24) is 5.43 Å². The van der Waals surface area contributed by atoms with Crippen LogP contribution in [0.4, 0.5) is 0 Å². The topological polar surface area (TPSA) is 69.2 Å². The van der Waals surface area contributed by atoms with Crippen LogP contribution in [0.5, 0.6) is 17.2 Å². The Balaban J connectivity index is 1.54. The Morgan fingerprint density at radius 3 is 2.38 bits per heavy atom. The molecule has 0 bridgehead atoms. The molecular formula is C23H19Cl3N2O4. The molecule has 0 spiro atoms. The van der Waals surface area contributed by atoms with Gasteiger partial charge in [0.15, 0.2) is 23.9 Å². The first-order valence-electron chi connectivity index (χ1n) is 9.40. The third-order valence-corrected chi connectivity index (χ3v) is 4.92. The summed E-state index contributed by atoms with van der Waals surface area (Å²) in [7, 11) is 1.55. The lowest BCUT2D eigenvalue weighted by Gasteiger charge is -2.11. The number of hydrogen-bond donors (Lipinski definition) is 1. The van der Waals surface area contributed by atoms with Crippen LogP contribution >= 0.6 is 34.8 Å². The van der Waals surface area contributed by atoms with E-state index in [0.717, 1.165) is 5.56 Å². The van der Waals surface area contributed by atoms with Crippen molar-refractivity contribution in [1.29, 1.82) is 0 Å². The van der Waals surface area contributed by atoms with E-state index in [4.69, 9.17) is 49.0 Å². The number of halogens is 3. The van der Waals surface area contributed by atoms with Crippen molar-refractivity contribution >= 4 is 46.9 Å². The molecule has 0 aliphatic heterocycles. The van der Waals surface area contributed by atoms with E-state index < -0.39 is 5.91 Å². The smallest absolute Gasteiger partial charge is 0.277 e. The Bertz CT molecular complexity index is 1080. The normalized spacial score (nSPS) is 10.8. The van der Waals surface area contributed by atoms with Crippen molar-refractivity contribution in [3.8, 4) is 17.2 Å². The number of carbonyl (C=O) groups excluding carboxylic acids is 1. The van der Waals surface area contributed by atoms with Crippen molar-refractivity contribution in [3.63, 3.8) is 0 Å². The highest BCUT2D eigenvalue weighted by molar-refractivity contribution is 6.40. The monoisotopic (exact) mass is 492 g/mol. The Kier molecular flexibility index (Phi) is 8.62. The van der Waals surface area contributed by atoms with E-state index in [-0.39, 0.29) is 22.4 Å². The molecule has 166 valence electrons. The van der Waals surface area contributed by atoms with Crippen LogP contribution in [0.25, 0.3) is 0 Å². The standard InChI is InChI=1S/C23H19Cl3N2O4/c1-30-21-9-16(7-8-20(21)31-13-15-5-3-2-4-6-15)12-27-28-22(29)14-32-23-18(25)10-17(24)11-19(23)26/h2-12H,13-14H2,1H3,(H,28,29)/b27-12-. The maximum Gasteiger partial charge on any atom is 0.277 e. The molecule has 3 rings (SSSR count). The lowest BCUT2D eigenvalue weighted by atomic mass is 10.2. The van der Waals surface area contributed by atoms with E-state index in [1.807, 2.05) is 30.3 Å². The van der Waals surface area contributed by atoms with Crippen LogP contribution in [0.15, 0.2) is 65.8 Å². The molecule has 0 aromatic heterocycles. The third-order valence-electron chi connectivity index (χ3n) is 4.14. The highest BCUT2D eigenvalue weighted by Crippen LogP contribution is 2.35. The number of hydrazone groups is 1. The first kappa shape index (κ1) is 23.7. The Morgan fingerprint density at radius 1 is 0.969 bits per heavy atom. The summed E-state index contributed by atoms with van der Waals surface area (Å²) >= 11 is 17.9. The van der Waals surface area contributed by atoms with Crippen LogP contribution in [-0.2, 0) is 11.4 Å². The average molecular weight is 494 g/mol. The lowest BCUT2D eigenvalue weighted by Crippen LogP contribution is -2.24. The zero-order chi connectivity index (χ0) is 22.9. The zero-order valence-corrected chi connectivity index (χ0v) is 19.2. The first-order chi connectivity index (χ1) is 15.5. The van der Waals surface area contributed by atoms with Gasteiger partial charge in [0, 0.05) is 5.02 Å². The van der Waals surface area contributed by atoms with Gasteiger partial charge in [0.2, 0.25) is 0 Å². The minimum absolute atomic E-state index is 0.174. The van der Waals surface area contributed by atoms with Crippen molar-refractivity contribution in [2.24, 2.45) is 5.10 Å². The molecule has 0 radical (unpaired) electrons. The largest absolute Gasteiger partial charge is 0.493 e. The second kappa shape index (κ2) is 11.6. The van der Waals surface area contributed by atoms with Gasteiger partial charge >= 0.3 is 0 Å². The number of nitrogens with zero attached hydrogens (tertiary/aromatic N) is 1. The van der Waals surface area contributed by atoms with Crippen molar-refractivity contribution in [2.45, 2.75) is 6.61 Å². The van der Waals surface area contributed by atoms with Gasteiger partial charge in [-0.2, -0.15) is 5.10 Å². The summed E-state index contributed by atoms with van der Waals surface area (Å²) in [5.41, 5.74) is 4.13. The summed E-state index contributed by atoms with van der Waals surface area (Å²) < 4.78 is 16.6. The molecule has 0 saturated heterocycles. The number of amides is 1. The number of hydrogen-bond acceptors (Lipinski definition) is 5. The number of carbonyl (C=O) groups is 1. The molecule has 1 amide bonds. The maximum absolute atomic E-state index is 12.0. The minimum atomic E-state index is -0.488. The van der Waals surface area contributed by atoms with Crippen molar-refractivity contribution in [3.05, 3.63) is 86.9 Å². The number of nitrogens with one attached hydrogen (secondary N) is 1. The van der Waals surface area contributed by atoms with Crippen LogP contribution in [0.3, 0.4) is 0 Å². The molecule has 0 heterocycles. The highest BCUT2D eigenvalue weighted by Gasteiger charge is 2.11. The van der Waals surface area contributed by atoms with Crippen LogP contribution < -0.4 is 19.6 Å². The SMILES string of the molecule is COc1cc(/C=N\NC(=O)COc2c(Cl)cc(Cl)cc2Cl)ccc1OCc1ccccc1. The van der Waals surface area contributed by atoms with Gasteiger partial charge in [-0.3, -0.25) is 4.79 Å². The zero-order valence-electron chi connectivity index (χ0n) is 17.0. The van der Waals surface area contributed by atoms with Crippen LogP contribution in [-0.4, -0.2) is 25.8 Å². The van der Waals surface area contributed by atoms with E-state index >= 15 is 0 Å². The van der Waals surface area contributed by atoms with E-state index in [1.165, 1.54) is 18.3 Å². The summed E-state index contributed by atoms with van der Waals surface area (Å²) in [5.74, 6) is 0.833. The Labute approximate surface area is 200 Å². The van der Waals surface area contributed by atoms with Gasteiger partial charge < -0.3 is 14.2 Å². The van der Waals surface area contributed by atoms with Crippen molar-refractivity contribution < 1.29 is 19.0 Å². The Morgan fingerprint density at radius 2 is 1.69 bits per heavy atom. The molecular weight excluding hydrogens is 475 g/mol. The molecule has 6 nitrogen and oxygen atoms in total. The number of methoxy groups -OCH3 is 1. The molecule has 9 heteroatoms. The van der Waals surface area contributed by atoms with Gasteiger partial charge in [-0.25, -0.2) is 5.43 Å². The molecule has 3 aromatic rings. The van der Waals surface area contributed by atoms with Gasteiger partial charge in [-0.05, 0) is 41.5 Å². The minimum Gasteiger partial charge on any atom is -0.493 e. The van der Waals surface area contributed by atoms with E-state index in [9.17, 15) is 4.79 Å². The van der Waals surface area contributed by atoms with Crippen molar-refractivity contribution in [2.75, 3.05) is 13.7 Å². The van der Waals surface area contributed by atoms with E-state index in [1.54, 1.807) is 25.3 Å². The molecule has 3 aromatic carbocycles. The van der Waals surface area contributed by atoms with Gasteiger partial charge in [0.1, 0.15) is 6.61 Å². The van der Waals surface area contributed by atoms with Gasteiger partial charge in [0.25, 0.3) is 5.91 Å². The van der Waals surface area contributed by atoms with Gasteiger partial charge in [-0.1, -0.05) is 65.1 Å². The van der Waals surface area contributed by atoms with Crippen LogP contribution in [0.1, 0.15) is 11.1 Å². The molecule has 0 saturated carbocycles. The van der Waals surface area contributed by atoms with Gasteiger partial charge in [-0.15, -0.1) is 0 Å². The van der Waals surface area contributed by atoms with E-state index in [2.05, 4.69) is 10.5 Å². The predicted molar refractivity (Wildman–Crippen MR) is 126 cm³/mol. The number of rotatable bonds is 9.